The third kappa shape index (κ3) is 4.27. The lowest BCUT2D eigenvalue weighted by Gasteiger charge is -2.32. The largest absolute Gasteiger partial charge is 0.493 e. The Morgan fingerprint density at radius 2 is 1.66 bits per heavy atom. The van der Waals surface area contributed by atoms with E-state index >= 15 is 0 Å². The first-order chi connectivity index (χ1) is 14.2. The first-order valence-corrected chi connectivity index (χ1v) is 10.9. The fraction of sp³-hybridized carbons (Fsp3) is 0.333. The third-order valence-corrected chi connectivity index (χ3v) is 6.31. The smallest absolute Gasteiger partial charge is 0.161 e. The number of nitrogens with zero attached hydrogens (tertiary/aromatic N) is 1. The highest BCUT2D eigenvalue weighted by Crippen LogP contribution is 2.41. The van der Waals surface area contributed by atoms with E-state index in [-0.39, 0.29) is 6.04 Å². The summed E-state index contributed by atoms with van der Waals surface area (Å²) in [5.74, 6) is 1.49. The summed E-state index contributed by atoms with van der Waals surface area (Å²) in [5.41, 5.74) is 2.48. The van der Waals surface area contributed by atoms with Crippen LogP contribution in [0.15, 0.2) is 59.1 Å². The highest BCUT2D eigenvalue weighted by Gasteiger charge is 2.26. The van der Waals surface area contributed by atoms with Crippen LogP contribution in [-0.4, -0.2) is 45.3 Å². The van der Waals surface area contributed by atoms with Crippen molar-refractivity contribution < 1.29 is 9.47 Å². The van der Waals surface area contributed by atoms with Crippen LogP contribution in [0.25, 0.3) is 10.8 Å². The molecule has 5 heteroatoms. The fourth-order valence-electron chi connectivity index (χ4n) is 4.17. The Morgan fingerprint density at radius 3 is 2.45 bits per heavy atom. The molecule has 0 saturated carbocycles. The SMILES string of the molecule is COc1cc(Br)c(C(c2ccc3ccccc3c2)N2CCCNCC2)cc1OC. The van der Waals surface area contributed by atoms with Gasteiger partial charge in [0.2, 0.25) is 0 Å². The Balaban J connectivity index is 1.86. The maximum atomic E-state index is 5.62. The van der Waals surface area contributed by atoms with Crippen LogP contribution in [0, 0.1) is 0 Å². The van der Waals surface area contributed by atoms with E-state index in [1.54, 1.807) is 14.2 Å². The quantitative estimate of drug-likeness (QED) is 0.587. The predicted molar refractivity (Wildman–Crippen MR) is 122 cm³/mol. The van der Waals surface area contributed by atoms with Gasteiger partial charge in [0, 0.05) is 24.1 Å². The van der Waals surface area contributed by atoms with Gasteiger partial charge in [-0.15, -0.1) is 0 Å². The molecule has 29 heavy (non-hydrogen) atoms. The number of benzene rings is 3. The van der Waals surface area contributed by atoms with Crippen LogP contribution in [0.5, 0.6) is 11.5 Å². The summed E-state index contributed by atoms with van der Waals surface area (Å²) < 4.78 is 12.2. The summed E-state index contributed by atoms with van der Waals surface area (Å²) in [6, 6.07) is 19.6. The topological polar surface area (TPSA) is 33.7 Å². The van der Waals surface area contributed by atoms with E-state index in [2.05, 4.69) is 74.7 Å². The Labute approximate surface area is 180 Å². The molecule has 1 atom stereocenters. The standard InChI is InChI=1S/C24H27BrN2O2/c1-28-22-15-20(21(25)16-23(22)29-2)24(27-12-5-10-26-11-13-27)19-9-8-17-6-3-4-7-18(17)14-19/h3-4,6-9,14-16,24,26H,5,10-13H2,1-2H3. The van der Waals surface area contributed by atoms with Crippen LogP contribution in [0.2, 0.25) is 0 Å². The van der Waals surface area contributed by atoms with Crippen molar-refractivity contribution >= 4 is 26.7 Å². The molecule has 1 fully saturated rings. The van der Waals surface area contributed by atoms with Crippen molar-refractivity contribution in [2.75, 3.05) is 40.4 Å². The van der Waals surface area contributed by atoms with Crippen molar-refractivity contribution in [3.05, 3.63) is 70.2 Å². The van der Waals surface area contributed by atoms with Crippen molar-refractivity contribution in [3.8, 4) is 11.5 Å². The number of ether oxygens (including phenoxy) is 2. The second-order valence-corrected chi connectivity index (χ2v) is 8.23. The van der Waals surface area contributed by atoms with Crippen molar-refractivity contribution in [1.29, 1.82) is 0 Å². The number of methoxy groups -OCH3 is 2. The van der Waals surface area contributed by atoms with Gasteiger partial charge in [-0.05, 0) is 53.1 Å². The fourth-order valence-corrected chi connectivity index (χ4v) is 4.71. The van der Waals surface area contributed by atoms with Gasteiger partial charge in [0.05, 0.1) is 20.3 Å². The van der Waals surface area contributed by atoms with Gasteiger partial charge in [0.25, 0.3) is 0 Å². The zero-order valence-electron chi connectivity index (χ0n) is 17.0. The molecule has 3 aromatic carbocycles. The zero-order chi connectivity index (χ0) is 20.2. The monoisotopic (exact) mass is 454 g/mol. The van der Waals surface area contributed by atoms with Crippen LogP contribution in [0.3, 0.4) is 0 Å². The maximum absolute atomic E-state index is 5.62. The molecule has 1 aliphatic rings. The van der Waals surface area contributed by atoms with Crippen molar-refractivity contribution in [3.63, 3.8) is 0 Å². The molecule has 1 heterocycles. The lowest BCUT2D eigenvalue weighted by Crippen LogP contribution is -2.33. The molecule has 1 unspecified atom stereocenters. The molecule has 0 radical (unpaired) electrons. The first kappa shape index (κ1) is 20.2. The molecule has 0 aromatic heterocycles. The molecule has 0 bridgehead atoms. The number of hydrogen-bond acceptors (Lipinski definition) is 4. The molecule has 0 spiro atoms. The van der Waals surface area contributed by atoms with E-state index in [4.69, 9.17) is 9.47 Å². The van der Waals surface area contributed by atoms with E-state index in [0.29, 0.717) is 0 Å². The molecule has 0 aliphatic carbocycles. The Hall–Kier alpha value is -2.08. The summed E-state index contributed by atoms with van der Waals surface area (Å²) >= 11 is 3.81. The lowest BCUT2D eigenvalue weighted by molar-refractivity contribution is 0.240. The van der Waals surface area contributed by atoms with E-state index in [1.165, 1.54) is 21.9 Å². The summed E-state index contributed by atoms with van der Waals surface area (Å²) in [5, 5.41) is 6.05. The molecular formula is C24H27BrN2O2. The third-order valence-electron chi connectivity index (χ3n) is 5.63. The normalized spacial score (nSPS) is 16.4. The van der Waals surface area contributed by atoms with Crippen molar-refractivity contribution in [2.24, 2.45) is 0 Å². The van der Waals surface area contributed by atoms with Gasteiger partial charge in [-0.1, -0.05) is 52.3 Å². The van der Waals surface area contributed by atoms with Crippen LogP contribution in [0.1, 0.15) is 23.6 Å². The maximum Gasteiger partial charge on any atom is 0.161 e. The van der Waals surface area contributed by atoms with Gasteiger partial charge in [-0.25, -0.2) is 0 Å². The van der Waals surface area contributed by atoms with Gasteiger partial charge >= 0.3 is 0 Å². The minimum Gasteiger partial charge on any atom is -0.493 e. The average molecular weight is 455 g/mol. The average Bonchev–Trinajstić information content (AvgIpc) is 3.04. The summed E-state index contributed by atoms with van der Waals surface area (Å²) in [7, 11) is 3.36. The summed E-state index contributed by atoms with van der Waals surface area (Å²) in [4.78, 5) is 2.57. The molecule has 4 nitrogen and oxygen atoms in total. The van der Waals surface area contributed by atoms with Gasteiger partial charge in [0.1, 0.15) is 0 Å². The van der Waals surface area contributed by atoms with Crippen molar-refractivity contribution in [2.45, 2.75) is 12.5 Å². The molecule has 1 N–H and O–H groups in total. The molecule has 4 rings (SSSR count). The zero-order valence-corrected chi connectivity index (χ0v) is 18.5. The number of rotatable bonds is 5. The second kappa shape index (κ2) is 9.16. The minimum atomic E-state index is 0.133. The predicted octanol–water partition coefficient (Wildman–Crippen LogP) is 5.00. The number of halogens is 1. The lowest BCUT2D eigenvalue weighted by atomic mass is 9.94. The second-order valence-electron chi connectivity index (χ2n) is 7.38. The van der Waals surface area contributed by atoms with Crippen LogP contribution in [-0.2, 0) is 0 Å². The van der Waals surface area contributed by atoms with Crippen LogP contribution in [0.4, 0.5) is 0 Å². The van der Waals surface area contributed by atoms with Gasteiger partial charge in [-0.2, -0.15) is 0 Å². The Kier molecular flexibility index (Phi) is 6.38. The minimum absolute atomic E-state index is 0.133. The molecule has 152 valence electrons. The summed E-state index contributed by atoms with van der Waals surface area (Å²) in [6.45, 7) is 4.10. The molecule has 1 aliphatic heterocycles. The van der Waals surface area contributed by atoms with Crippen LogP contribution < -0.4 is 14.8 Å². The Bertz CT molecular complexity index is 984. The number of nitrogens with one attached hydrogen (secondary N) is 1. The van der Waals surface area contributed by atoms with E-state index in [0.717, 1.165) is 48.6 Å². The van der Waals surface area contributed by atoms with Crippen LogP contribution >= 0.6 is 15.9 Å². The van der Waals surface area contributed by atoms with E-state index in [1.807, 2.05) is 6.07 Å². The van der Waals surface area contributed by atoms with Gasteiger partial charge in [-0.3, -0.25) is 4.90 Å². The Morgan fingerprint density at radius 1 is 0.897 bits per heavy atom. The first-order valence-electron chi connectivity index (χ1n) is 10.1. The number of fused-ring (bicyclic) bond motifs is 1. The van der Waals surface area contributed by atoms with Gasteiger partial charge < -0.3 is 14.8 Å². The molecule has 3 aromatic rings. The highest BCUT2D eigenvalue weighted by molar-refractivity contribution is 9.10. The van der Waals surface area contributed by atoms with E-state index < -0.39 is 0 Å². The molecular weight excluding hydrogens is 428 g/mol. The van der Waals surface area contributed by atoms with E-state index in [9.17, 15) is 0 Å². The van der Waals surface area contributed by atoms with Crippen molar-refractivity contribution in [1.82, 2.24) is 10.2 Å². The highest BCUT2D eigenvalue weighted by atomic mass is 79.9. The number of hydrogen-bond donors (Lipinski definition) is 1. The van der Waals surface area contributed by atoms with Gasteiger partial charge in [0.15, 0.2) is 11.5 Å². The molecule has 1 saturated heterocycles. The molecule has 0 amide bonds. The summed E-state index contributed by atoms with van der Waals surface area (Å²) in [6.07, 6.45) is 1.13.